The molecule has 6 rings (SSSR count). The van der Waals surface area contributed by atoms with Crippen molar-refractivity contribution < 1.29 is 24.2 Å². The molecule has 2 aliphatic rings. The Morgan fingerprint density at radius 1 is 0.927 bits per heavy atom. The van der Waals surface area contributed by atoms with Crippen molar-refractivity contribution in [3.8, 4) is 5.75 Å². The fourth-order valence-electron chi connectivity index (χ4n) is 7.00. The maximum absolute atomic E-state index is 14.3. The van der Waals surface area contributed by atoms with E-state index in [4.69, 9.17) is 26.6 Å². The van der Waals surface area contributed by atoms with Crippen LogP contribution in [0.4, 0.5) is 5.69 Å². The number of ether oxygens (including phenoxy) is 1. The number of anilines is 1. The number of carbonyl (C=O) groups is 3. The Morgan fingerprint density at radius 3 is 2.18 bits per heavy atom. The number of nitrogens with zero attached hydrogens (tertiary/aromatic N) is 5. The molecular weight excluding hydrogens is 745 g/mol. The molecule has 2 amide bonds. The van der Waals surface area contributed by atoms with E-state index in [9.17, 15) is 19.5 Å². The molecule has 2 fully saturated rings. The topological polar surface area (TPSA) is 205 Å². The first-order chi connectivity index (χ1) is 25.6. The van der Waals surface area contributed by atoms with E-state index in [2.05, 4.69) is 15.2 Å². The van der Waals surface area contributed by atoms with E-state index in [0.717, 1.165) is 51.6 Å². The van der Waals surface area contributed by atoms with Gasteiger partial charge < -0.3 is 41.0 Å². The first-order valence-electron chi connectivity index (χ1n) is 18.2. The standard InChI is InChI=1S/C39H47N9O5.2ClH/c1-2-43-39(42)46-20-18-31(19-21-46)53-30-15-13-29(14-16-30)47(37(50)25-8-10-26(11-9-25)38(51)52)23-34-45-32-22-27(36(40)41)12-17-33(32)48(34)24-35(49)44-28-6-4-3-5-7-28;;/h8-17,22,28,31H,2-7,18-21,23-24H2,1H3,(H3,40,41)(H2,42,43)(H,44,49)(H,51,52);2*1H. The third kappa shape index (κ3) is 10.5. The van der Waals surface area contributed by atoms with Crippen molar-refractivity contribution in [3.05, 3.63) is 89.2 Å². The van der Waals surface area contributed by atoms with Crippen molar-refractivity contribution in [2.75, 3.05) is 24.5 Å². The number of amidine groups is 1. The van der Waals surface area contributed by atoms with Crippen LogP contribution in [0.2, 0.25) is 0 Å². The summed E-state index contributed by atoms with van der Waals surface area (Å²) in [5.74, 6) is -0.0778. The number of hydrogen-bond acceptors (Lipinski definition) is 7. The fraction of sp³-hybridized carbons (Fsp3) is 0.385. The van der Waals surface area contributed by atoms with Gasteiger partial charge in [0.1, 0.15) is 30.1 Å². The number of aliphatic imine (C=N–C) groups is 1. The second kappa shape index (κ2) is 19.3. The number of carboxylic acid groups (broad SMARTS) is 1. The Balaban J connectivity index is 0.00000336. The van der Waals surface area contributed by atoms with Crippen LogP contribution in [0, 0.1) is 5.41 Å². The van der Waals surface area contributed by atoms with Crippen LogP contribution >= 0.6 is 24.8 Å². The molecule has 2 heterocycles. The van der Waals surface area contributed by atoms with Gasteiger partial charge >= 0.3 is 5.97 Å². The fourth-order valence-corrected chi connectivity index (χ4v) is 7.00. The van der Waals surface area contributed by atoms with Crippen molar-refractivity contribution >= 4 is 71.1 Å². The van der Waals surface area contributed by atoms with E-state index in [1.54, 1.807) is 39.8 Å². The van der Waals surface area contributed by atoms with E-state index in [0.29, 0.717) is 46.4 Å². The maximum Gasteiger partial charge on any atom is 0.335 e. The molecule has 3 aromatic carbocycles. The summed E-state index contributed by atoms with van der Waals surface area (Å²) >= 11 is 0. The summed E-state index contributed by atoms with van der Waals surface area (Å²) in [5, 5.41) is 20.6. The Bertz CT molecular complexity index is 1990. The lowest BCUT2D eigenvalue weighted by Gasteiger charge is -2.33. The third-order valence-corrected chi connectivity index (χ3v) is 9.87. The second-order valence-electron chi connectivity index (χ2n) is 13.5. The van der Waals surface area contributed by atoms with Crippen LogP contribution in [0.15, 0.2) is 71.7 Å². The van der Waals surface area contributed by atoms with Crippen LogP contribution in [0.25, 0.3) is 11.0 Å². The summed E-state index contributed by atoms with van der Waals surface area (Å²) in [5.41, 5.74) is 14.5. The number of fused-ring (bicyclic) bond motifs is 1. The molecule has 0 radical (unpaired) electrons. The summed E-state index contributed by atoms with van der Waals surface area (Å²) in [4.78, 5) is 52.1. The average Bonchev–Trinajstić information content (AvgIpc) is 3.50. The first-order valence-corrected chi connectivity index (χ1v) is 18.2. The number of carbonyl (C=O) groups excluding carboxylic acids is 2. The van der Waals surface area contributed by atoms with E-state index in [1.165, 1.54) is 30.7 Å². The molecule has 4 aromatic rings. The number of nitrogen functional groups attached to an aromatic ring is 1. The number of aromatic carboxylic acids is 1. The largest absolute Gasteiger partial charge is 0.490 e. The Labute approximate surface area is 332 Å². The van der Waals surface area contributed by atoms with E-state index < -0.39 is 5.97 Å². The van der Waals surface area contributed by atoms with Crippen LogP contribution < -0.4 is 26.4 Å². The SMILES string of the molecule is CCN=C(N)N1CCC(Oc2ccc(N(Cc3nc4cc(C(=N)N)ccc4n3CC(=O)NC3CCCCC3)C(=O)c3ccc(C(=O)O)cc3)cc2)CC1.Cl.Cl. The zero-order valence-corrected chi connectivity index (χ0v) is 32.4. The van der Waals surface area contributed by atoms with Gasteiger partial charge in [0.05, 0.1) is 23.1 Å². The molecular formula is C39H49Cl2N9O5. The van der Waals surface area contributed by atoms with Gasteiger partial charge in [0.15, 0.2) is 5.96 Å². The summed E-state index contributed by atoms with van der Waals surface area (Å²) in [6.45, 7) is 4.05. The summed E-state index contributed by atoms with van der Waals surface area (Å²) in [6.07, 6.45) is 6.77. The summed E-state index contributed by atoms with van der Waals surface area (Å²) in [6, 6.07) is 18.3. The molecule has 0 unspecified atom stereocenters. The quantitative estimate of drug-likeness (QED) is 0.0927. The van der Waals surface area contributed by atoms with Crippen LogP contribution in [0.5, 0.6) is 5.75 Å². The first kappa shape index (κ1) is 42.4. The molecule has 7 N–H and O–H groups in total. The highest BCUT2D eigenvalue weighted by atomic mass is 35.5. The van der Waals surface area contributed by atoms with Crippen molar-refractivity contribution in [1.29, 1.82) is 5.41 Å². The number of piperidine rings is 1. The monoisotopic (exact) mass is 793 g/mol. The van der Waals surface area contributed by atoms with Crippen LogP contribution in [-0.2, 0) is 17.9 Å². The van der Waals surface area contributed by atoms with Crippen LogP contribution in [0.3, 0.4) is 0 Å². The van der Waals surface area contributed by atoms with Crippen LogP contribution in [-0.4, -0.2) is 80.9 Å². The number of aromatic nitrogens is 2. The summed E-state index contributed by atoms with van der Waals surface area (Å²) < 4.78 is 8.12. The van der Waals surface area contributed by atoms with Gasteiger partial charge in [-0.25, -0.2) is 9.78 Å². The molecule has 294 valence electrons. The molecule has 1 aromatic heterocycles. The highest BCUT2D eigenvalue weighted by molar-refractivity contribution is 6.06. The van der Waals surface area contributed by atoms with Gasteiger partial charge in [-0.1, -0.05) is 19.3 Å². The number of carboxylic acids is 1. The van der Waals surface area contributed by atoms with E-state index >= 15 is 0 Å². The Hall–Kier alpha value is -5.34. The van der Waals surface area contributed by atoms with E-state index in [-0.39, 0.29) is 78.8 Å². The molecule has 1 saturated heterocycles. The van der Waals surface area contributed by atoms with Gasteiger partial charge in [-0.05, 0) is 86.5 Å². The number of benzene rings is 3. The predicted octanol–water partition coefficient (Wildman–Crippen LogP) is 5.34. The predicted molar refractivity (Wildman–Crippen MR) is 218 cm³/mol. The van der Waals surface area contributed by atoms with Gasteiger partial charge in [0, 0.05) is 55.3 Å². The molecule has 14 nitrogen and oxygen atoms in total. The van der Waals surface area contributed by atoms with Gasteiger partial charge in [0.25, 0.3) is 5.91 Å². The minimum Gasteiger partial charge on any atom is -0.490 e. The minimum absolute atomic E-state index is 0. The molecule has 55 heavy (non-hydrogen) atoms. The number of hydrogen-bond donors (Lipinski definition) is 5. The highest BCUT2D eigenvalue weighted by Gasteiger charge is 2.26. The van der Waals surface area contributed by atoms with Gasteiger partial charge in [-0.2, -0.15) is 0 Å². The average molecular weight is 795 g/mol. The number of guanidine groups is 1. The zero-order valence-electron chi connectivity index (χ0n) is 30.8. The lowest BCUT2D eigenvalue weighted by molar-refractivity contribution is -0.122. The molecule has 0 spiro atoms. The molecule has 16 heteroatoms. The number of amides is 2. The lowest BCUT2D eigenvalue weighted by Crippen LogP contribution is -2.45. The van der Waals surface area contributed by atoms with Crippen molar-refractivity contribution in [3.63, 3.8) is 0 Å². The van der Waals surface area contributed by atoms with Gasteiger partial charge in [-0.15, -0.1) is 24.8 Å². The second-order valence-corrected chi connectivity index (χ2v) is 13.5. The van der Waals surface area contributed by atoms with Crippen molar-refractivity contribution in [1.82, 2.24) is 19.8 Å². The maximum atomic E-state index is 14.3. The number of likely N-dealkylation sites (tertiary alicyclic amines) is 1. The van der Waals surface area contributed by atoms with E-state index in [1.807, 2.05) is 19.1 Å². The van der Waals surface area contributed by atoms with Crippen LogP contribution in [0.1, 0.15) is 84.0 Å². The molecule has 1 aliphatic carbocycles. The number of nitrogens with one attached hydrogen (secondary N) is 2. The minimum atomic E-state index is -1.09. The highest BCUT2D eigenvalue weighted by Crippen LogP contribution is 2.28. The van der Waals surface area contributed by atoms with Crippen molar-refractivity contribution in [2.24, 2.45) is 16.5 Å². The third-order valence-electron chi connectivity index (χ3n) is 9.87. The van der Waals surface area contributed by atoms with Gasteiger partial charge in [-0.3, -0.25) is 20.0 Å². The zero-order chi connectivity index (χ0) is 37.5. The molecule has 0 bridgehead atoms. The number of halogens is 2. The summed E-state index contributed by atoms with van der Waals surface area (Å²) in [7, 11) is 0. The Morgan fingerprint density at radius 2 is 1.56 bits per heavy atom. The molecule has 1 saturated carbocycles. The smallest absolute Gasteiger partial charge is 0.335 e. The number of imidazole rings is 1. The number of rotatable bonds is 12. The van der Waals surface area contributed by atoms with Crippen molar-refractivity contribution in [2.45, 2.75) is 77.1 Å². The number of nitrogens with two attached hydrogens (primary N) is 2. The lowest BCUT2D eigenvalue weighted by atomic mass is 9.95. The normalized spacial score (nSPS) is 15.1. The molecule has 0 atom stereocenters. The van der Waals surface area contributed by atoms with Gasteiger partial charge in [0.2, 0.25) is 5.91 Å². The molecule has 1 aliphatic heterocycles. The Kier molecular flexibility index (Phi) is 14.9.